The van der Waals surface area contributed by atoms with Crippen molar-refractivity contribution in [2.45, 2.75) is 19.3 Å². The maximum atomic E-state index is 8.78. The van der Waals surface area contributed by atoms with Gasteiger partial charge in [0.25, 0.3) is 0 Å². The quantitative estimate of drug-likeness (QED) is 0.461. The minimum absolute atomic E-state index is 0.145. The number of hydrogen-bond donors (Lipinski definition) is 2. The lowest BCUT2D eigenvalue weighted by molar-refractivity contribution is 0.233. The molecule has 1 aromatic rings. The molecule has 0 spiro atoms. The topological polar surface area (TPSA) is 62.0 Å². The highest BCUT2D eigenvalue weighted by Gasteiger charge is 2.18. The van der Waals surface area contributed by atoms with E-state index >= 15 is 0 Å². The normalized spacial score (nSPS) is 16.4. The highest BCUT2D eigenvalue weighted by molar-refractivity contribution is 6.04. The Morgan fingerprint density at radius 2 is 2.19 bits per heavy atom. The molecule has 0 heterocycles. The summed E-state index contributed by atoms with van der Waals surface area (Å²) < 4.78 is 5.48. The van der Waals surface area contributed by atoms with E-state index in [1.165, 1.54) is 0 Å². The lowest BCUT2D eigenvalue weighted by Gasteiger charge is -2.06. The number of oxime groups is 1. The second-order valence-corrected chi connectivity index (χ2v) is 3.79. The van der Waals surface area contributed by atoms with Gasteiger partial charge in [0, 0.05) is 18.6 Å². The summed E-state index contributed by atoms with van der Waals surface area (Å²) in [6, 6.07) is 5.77. The van der Waals surface area contributed by atoms with Gasteiger partial charge in [-0.1, -0.05) is 5.16 Å². The van der Waals surface area contributed by atoms with Gasteiger partial charge in [0.15, 0.2) is 0 Å². The van der Waals surface area contributed by atoms with Crippen molar-refractivity contribution in [1.29, 1.82) is 0 Å². The molecule has 0 aromatic heterocycles. The fourth-order valence-electron chi connectivity index (χ4n) is 1.89. The van der Waals surface area contributed by atoms with Crippen molar-refractivity contribution in [2.24, 2.45) is 5.16 Å². The summed E-state index contributed by atoms with van der Waals surface area (Å²) in [7, 11) is 0. The maximum Gasteiger partial charge on any atom is 0.119 e. The van der Waals surface area contributed by atoms with Crippen molar-refractivity contribution < 1.29 is 15.1 Å². The van der Waals surface area contributed by atoms with E-state index in [4.69, 9.17) is 15.1 Å². The fourth-order valence-corrected chi connectivity index (χ4v) is 1.89. The van der Waals surface area contributed by atoms with Crippen molar-refractivity contribution in [1.82, 2.24) is 0 Å². The second kappa shape index (κ2) is 4.99. The van der Waals surface area contributed by atoms with Crippen LogP contribution in [0.3, 0.4) is 0 Å². The second-order valence-electron chi connectivity index (χ2n) is 3.79. The average Bonchev–Trinajstić information content (AvgIpc) is 2.71. The highest BCUT2D eigenvalue weighted by Crippen LogP contribution is 2.26. The summed E-state index contributed by atoms with van der Waals surface area (Å²) in [4.78, 5) is 0. The molecular weight excluding hydrogens is 206 g/mol. The minimum Gasteiger partial charge on any atom is -0.493 e. The zero-order valence-electron chi connectivity index (χ0n) is 9.02. The highest BCUT2D eigenvalue weighted by atomic mass is 16.5. The zero-order chi connectivity index (χ0) is 11.4. The molecule has 2 N–H and O–H groups in total. The zero-order valence-corrected chi connectivity index (χ0v) is 9.02. The van der Waals surface area contributed by atoms with Gasteiger partial charge in [-0.15, -0.1) is 0 Å². The Kier molecular flexibility index (Phi) is 3.41. The standard InChI is InChI=1S/C12H15NO3/c14-6-1-7-16-10-3-4-11-9(8-10)2-5-12(11)13-15/h3-4,8,14-15H,1-2,5-7H2/b13-12+. The van der Waals surface area contributed by atoms with Crippen molar-refractivity contribution in [3.8, 4) is 5.75 Å². The Balaban J connectivity index is 2.09. The summed E-state index contributed by atoms with van der Waals surface area (Å²) >= 11 is 0. The van der Waals surface area contributed by atoms with Crippen LogP contribution in [0.2, 0.25) is 0 Å². The van der Waals surface area contributed by atoms with Gasteiger partial charge in [0.1, 0.15) is 5.75 Å². The molecule has 4 heteroatoms. The van der Waals surface area contributed by atoms with Crippen molar-refractivity contribution >= 4 is 5.71 Å². The molecule has 0 atom stereocenters. The van der Waals surface area contributed by atoms with E-state index in [0.29, 0.717) is 13.0 Å². The third kappa shape index (κ3) is 2.17. The Morgan fingerprint density at radius 1 is 1.31 bits per heavy atom. The molecule has 0 saturated carbocycles. The SMILES string of the molecule is OCCCOc1ccc2c(c1)CC/C2=N\O. The fraction of sp³-hybridized carbons (Fsp3) is 0.417. The first kappa shape index (κ1) is 11.0. The molecule has 0 bridgehead atoms. The molecule has 0 saturated heterocycles. The first-order valence-corrected chi connectivity index (χ1v) is 5.43. The number of rotatable bonds is 4. The summed E-state index contributed by atoms with van der Waals surface area (Å²) in [5, 5.41) is 20.7. The number of aliphatic hydroxyl groups is 1. The van der Waals surface area contributed by atoms with E-state index in [2.05, 4.69) is 5.16 Å². The van der Waals surface area contributed by atoms with Crippen LogP contribution in [0.5, 0.6) is 5.75 Å². The van der Waals surface area contributed by atoms with Crippen LogP contribution in [0, 0.1) is 0 Å². The first-order valence-electron chi connectivity index (χ1n) is 5.43. The molecule has 2 rings (SSSR count). The lowest BCUT2D eigenvalue weighted by atomic mass is 10.1. The number of benzene rings is 1. The van der Waals surface area contributed by atoms with Crippen LogP contribution >= 0.6 is 0 Å². The Morgan fingerprint density at radius 3 is 2.94 bits per heavy atom. The van der Waals surface area contributed by atoms with E-state index in [9.17, 15) is 0 Å². The van der Waals surface area contributed by atoms with Crippen LogP contribution in [0.25, 0.3) is 0 Å². The molecule has 4 nitrogen and oxygen atoms in total. The predicted octanol–water partition coefficient (Wildman–Crippen LogP) is 1.57. The van der Waals surface area contributed by atoms with E-state index in [0.717, 1.165) is 35.4 Å². The van der Waals surface area contributed by atoms with Gasteiger partial charge in [-0.05, 0) is 36.6 Å². The number of hydrogen-bond acceptors (Lipinski definition) is 4. The van der Waals surface area contributed by atoms with Gasteiger partial charge in [-0.25, -0.2) is 0 Å². The summed E-state index contributed by atoms with van der Waals surface area (Å²) in [5.74, 6) is 0.811. The van der Waals surface area contributed by atoms with Crippen LogP contribution in [0.4, 0.5) is 0 Å². The summed E-state index contributed by atoms with van der Waals surface area (Å²) in [6.45, 7) is 0.669. The van der Waals surface area contributed by atoms with Crippen molar-refractivity contribution in [3.05, 3.63) is 29.3 Å². The number of aliphatic hydroxyl groups excluding tert-OH is 1. The van der Waals surface area contributed by atoms with Gasteiger partial charge in [0.2, 0.25) is 0 Å². The molecule has 86 valence electrons. The third-order valence-electron chi connectivity index (χ3n) is 2.71. The van der Waals surface area contributed by atoms with Crippen molar-refractivity contribution in [3.63, 3.8) is 0 Å². The number of aryl methyl sites for hydroxylation is 1. The van der Waals surface area contributed by atoms with E-state index < -0.39 is 0 Å². The molecule has 0 amide bonds. The number of nitrogens with zero attached hydrogens (tertiary/aromatic N) is 1. The Hall–Kier alpha value is -1.55. The monoisotopic (exact) mass is 221 g/mol. The van der Waals surface area contributed by atoms with Gasteiger partial charge in [-0.3, -0.25) is 0 Å². The minimum atomic E-state index is 0.145. The number of fused-ring (bicyclic) bond motifs is 1. The Bertz CT molecular complexity index is 401. The lowest BCUT2D eigenvalue weighted by Crippen LogP contribution is -2.00. The van der Waals surface area contributed by atoms with Gasteiger partial charge in [0.05, 0.1) is 12.3 Å². The molecular formula is C12H15NO3. The Labute approximate surface area is 94.2 Å². The van der Waals surface area contributed by atoms with E-state index in [1.54, 1.807) is 0 Å². The van der Waals surface area contributed by atoms with Crippen molar-refractivity contribution in [2.75, 3.05) is 13.2 Å². The maximum absolute atomic E-state index is 8.78. The molecule has 1 aliphatic carbocycles. The molecule has 0 unspecified atom stereocenters. The molecule has 1 aliphatic rings. The summed E-state index contributed by atoms with van der Waals surface area (Å²) in [5.41, 5.74) is 2.92. The summed E-state index contributed by atoms with van der Waals surface area (Å²) in [6.07, 6.45) is 2.32. The molecule has 0 radical (unpaired) electrons. The molecule has 0 aliphatic heterocycles. The molecule has 0 fully saturated rings. The van der Waals surface area contributed by atoms with Crippen LogP contribution in [-0.2, 0) is 6.42 Å². The van der Waals surface area contributed by atoms with E-state index in [1.807, 2.05) is 18.2 Å². The number of ether oxygens (including phenoxy) is 1. The first-order chi connectivity index (χ1) is 7.85. The largest absolute Gasteiger partial charge is 0.493 e. The average molecular weight is 221 g/mol. The van der Waals surface area contributed by atoms with Crippen LogP contribution in [-0.4, -0.2) is 29.2 Å². The molecule has 16 heavy (non-hydrogen) atoms. The van der Waals surface area contributed by atoms with Gasteiger partial charge >= 0.3 is 0 Å². The van der Waals surface area contributed by atoms with Crippen LogP contribution in [0.15, 0.2) is 23.4 Å². The van der Waals surface area contributed by atoms with Gasteiger partial charge < -0.3 is 15.1 Å². The van der Waals surface area contributed by atoms with Crippen LogP contribution < -0.4 is 4.74 Å². The molecule has 1 aromatic carbocycles. The third-order valence-corrected chi connectivity index (χ3v) is 2.71. The van der Waals surface area contributed by atoms with Gasteiger partial charge in [-0.2, -0.15) is 0 Å². The van der Waals surface area contributed by atoms with Crippen LogP contribution in [0.1, 0.15) is 24.0 Å². The van der Waals surface area contributed by atoms with E-state index in [-0.39, 0.29) is 6.61 Å². The smallest absolute Gasteiger partial charge is 0.119 e. The predicted molar refractivity (Wildman–Crippen MR) is 60.3 cm³/mol.